The van der Waals surface area contributed by atoms with Crippen LogP contribution in [0, 0.1) is 18.3 Å². The van der Waals surface area contributed by atoms with Crippen LogP contribution in [0.4, 0.5) is 0 Å². The van der Waals surface area contributed by atoms with Gasteiger partial charge in [-0.3, -0.25) is 4.68 Å². The van der Waals surface area contributed by atoms with E-state index in [2.05, 4.69) is 11.2 Å². The van der Waals surface area contributed by atoms with E-state index in [1.807, 2.05) is 24.9 Å². The van der Waals surface area contributed by atoms with E-state index >= 15 is 0 Å². The number of nitrogens with zero attached hydrogens (tertiary/aromatic N) is 3. The summed E-state index contributed by atoms with van der Waals surface area (Å²) in [6, 6.07) is 2.38. The highest BCUT2D eigenvalue weighted by Gasteiger charge is 2.48. The first-order valence-electron chi connectivity index (χ1n) is 4.10. The van der Waals surface area contributed by atoms with E-state index in [9.17, 15) is 0 Å². The molecule has 12 heavy (non-hydrogen) atoms. The number of aryl methyl sites for hydroxylation is 2. The van der Waals surface area contributed by atoms with Crippen LogP contribution in [0.25, 0.3) is 0 Å². The molecule has 0 unspecified atom stereocenters. The van der Waals surface area contributed by atoms with E-state index in [1.165, 1.54) is 0 Å². The highest BCUT2D eigenvalue weighted by molar-refractivity contribution is 5.38. The summed E-state index contributed by atoms with van der Waals surface area (Å²) in [5, 5.41) is 13.1. The summed E-state index contributed by atoms with van der Waals surface area (Å²) in [5.74, 6) is 0. The molecule has 1 fully saturated rings. The standard InChI is InChI=1S/C9H11N3/c1-7-5-11-12(2)8(7)9(6-10)3-4-9/h5H,3-4H2,1-2H3. The molecule has 0 amide bonds. The maximum absolute atomic E-state index is 8.99. The Morgan fingerprint density at radius 3 is 2.67 bits per heavy atom. The molecule has 3 heteroatoms. The molecular formula is C9H11N3. The van der Waals surface area contributed by atoms with Crippen LogP contribution in [0.5, 0.6) is 0 Å². The molecule has 1 aliphatic carbocycles. The molecule has 0 spiro atoms. The third-order valence-electron chi connectivity index (χ3n) is 2.54. The first-order chi connectivity index (χ1) is 5.69. The largest absolute Gasteiger partial charge is 0.271 e. The van der Waals surface area contributed by atoms with Crippen molar-refractivity contribution in [1.29, 1.82) is 5.26 Å². The molecule has 62 valence electrons. The zero-order chi connectivity index (χ0) is 8.77. The monoisotopic (exact) mass is 161 g/mol. The van der Waals surface area contributed by atoms with E-state index in [4.69, 9.17) is 5.26 Å². The van der Waals surface area contributed by atoms with Gasteiger partial charge in [0.1, 0.15) is 0 Å². The van der Waals surface area contributed by atoms with Crippen molar-refractivity contribution in [2.24, 2.45) is 7.05 Å². The molecule has 1 aromatic heterocycles. The molecule has 0 bridgehead atoms. The van der Waals surface area contributed by atoms with E-state index in [0.717, 1.165) is 24.1 Å². The molecule has 1 aliphatic rings. The third-order valence-corrected chi connectivity index (χ3v) is 2.54. The van der Waals surface area contributed by atoms with Crippen molar-refractivity contribution in [1.82, 2.24) is 9.78 Å². The van der Waals surface area contributed by atoms with Crippen LogP contribution in [0.15, 0.2) is 6.20 Å². The molecule has 0 aromatic carbocycles. The number of aromatic nitrogens is 2. The van der Waals surface area contributed by atoms with Crippen LogP contribution >= 0.6 is 0 Å². The van der Waals surface area contributed by atoms with Crippen molar-refractivity contribution in [3.8, 4) is 6.07 Å². The fourth-order valence-electron chi connectivity index (χ4n) is 1.76. The summed E-state index contributed by atoms with van der Waals surface area (Å²) in [7, 11) is 1.90. The van der Waals surface area contributed by atoms with Crippen molar-refractivity contribution in [3.63, 3.8) is 0 Å². The van der Waals surface area contributed by atoms with E-state index in [0.29, 0.717) is 0 Å². The first-order valence-corrected chi connectivity index (χ1v) is 4.10. The Bertz CT molecular complexity index is 333. The van der Waals surface area contributed by atoms with Gasteiger partial charge in [-0.25, -0.2) is 0 Å². The average Bonchev–Trinajstić information content (AvgIpc) is 2.77. The minimum atomic E-state index is -0.199. The van der Waals surface area contributed by atoms with Crippen LogP contribution in [0.3, 0.4) is 0 Å². The van der Waals surface area contributed by atoms with Gasteiger partial charge in [0.2, 0.25) is 0 Å². The molecular weight excluding hydrogens is 150 g/mol. The van der Waals surface area contributed by atoms with Gasteiger partial charge >= 0.3 is 0 Å². The lowest BCUT2D eigenvalue weighted by Gasteiger charge is -2.07. The second-order valence-corrected chi connectivity index (χ2v) is 3.49. The molecule has 1 heterocycles. The Morgan fingerprint density at radius 1 is 1.67 bits per heavy atom. The summed E-state index contributed by atoms with van der Waals surface area (Å²) in [4.78, 5) is 0. The van der Waals surface area contributed by atoms with Gasteiger partial charge in [-0.2, -0.15) is 10.4 Å². The SMILES string of the molecule is Cc1cnn(C)c1C1(C#N)CC1. The van der Waals surface area contributed by atoms with Gasteiger partial charge in [-0.1, -0.05) is 0 Å². The molecule has 3 nitrogen and oxygen atoms in total. The Kier molecular flexibility index (Phi) is 1.29. The highest BCUT2D eigenvalue weighted by atomic mass is 15.3. The summed E-state index contributed by atoms with van der Waals surface area (Å²) in [5.41, 5.74) is 2.04. The van der Waals surface area contributed by atoms with Gasteiger partial charge in [-0.05, 0) is 25.3 Å². The van der Waals surface area contributed by atoms with Gasteiger partial charge in [0.15, 0.2) is 0 Å². The van der Waals surface area contributed by atoms with Crippen molar-refractivity contribution >= 4 is 0 Å². The van der Waals surface area contributed by atoms with Crippen LogP contribution in [0.1, 0.15) is 24.1 Å². The summed E-state index contributed by atoms with van der Waals surface area (Å²) in [6.45, 7) is 2.01. The molecule has 0 aliphatic heterocycles. The summed E-state index contributed by atoms with van der Waals surface area (Å²) >= 11 is 0. The predicted octanol–water partition coefficient (Wildman–Crippen LogP) is 1.28. The minimum Gasteiger partial charge on any atom is -0.271 e. The fourth-order valence-corrected chi connectivity index (χ4v) is 1.76. The molecule has 0 radical (unpaired) electrons. The Balaban J connectivity index is 2.54. The summed E-state index contributed by atoms with van der Waals surface area (Å²) < 4.78 is 1.82. The Hall–Kier alpha value is -1.30. The number of hydrogen-bond acceptors (Lipinski definition) is 2. The third kappa shape index (κ3) is 0.781. The van der Waals surface area contributed by atoms with E-state index in [-0.39, 0.29) is 5.41 Å². The predicted molar refractivity (Wildman–Crippen MR) is 44.5 cm³/mol. The van der Waals surface area contributed by atoms with Crippen molar-refractivity contribution < 1.29 is 0 Å². The molecule has 0 atom stereocenters. The van der Waals surface area contributed by atoms with Gasteiger partial charge in [0.05, 0.1) is 23.4 Å². The lowest BCUT2D eigenvalue weighted by atomic mass is 10.0. The molecule has 2 rings (SSSR count). The molecule has 1 aromatic rings. The number of hydrogen-bond donors (Lipinski definition) is 0. The molecule has 0 N–H and O–H groups in total. The second-order valence-electron chi connectivity index (χ2n) is 3.49. The van der Waals surface area contributed by atoms with Crippen LogP contribution in [-0.4, -0.2) is 9.78 Å². The quantitative estimate of drug-likeness (QED) is 0.622. The second kappa shape index (κ2) is 2.10. The normalized spacial score (nSPS) is 18.8. The van der Waals surface area contributed by atoms with Crippen molar-refractivity contribution in [2.75, 3.05) is 0 Å². The Labute approximate surface area is 71.6 Å². The lowest BCUT2D eigenvalue weighted by Crippen LogP contribution is -2.11. The van der Waals surface area contributed by atoms with E-state index in [1.54, 1.807) is 0 Å². The Morgan fingerprint density at radius 2 is 2.33 bits per heavy atom. The average molecular weight is 161 g/mol. The van der Waals surface area contributed by atoms with E-state index < -0.39 is 0 Å². The van der Waals surface area contributed by atoms with Gasteiger partial charge in [0, 0.05) is 7.05 Å². The van der Waals surface area contributed by atoms with Crippen LogP contribution < -0.4 is 0 Å². The maximum Gasteiger partial charge on any atom is 0.0993 e. The van der Waals surface area contributed by atoms with Crippen LogP contribution in [0.2, 0.25) is 0 Å². The van der Waals surface area contributed by atoms with Gasteiger partial charge in [-0.15, -0.1) is 0 Å². The number of rotatable bonds is 1. The van der Waals surface area contributed by atoms with Gasteiger partial charge < -0.3 is 0 Å². The highest BCUT2D eigenvalue weighted by Crippen LogP contribution is 2.48. The van der Waals surface area contributed by atoms with Crippen LogP contribution in [-0.2, 0) is 12.5 Å². The molecule has 0 saturated heterocycles. The minimum absolute atomic E-state index is 0.199. The zero-order valence-corrected chi connectivity index (χ0v) is 7.33. The summed E-state index contributed by atoms with van der Waals surface area (Å²) in [6.07, 6.45) is 3.81. The van der Waals surface area contributed by atoms with Gasteiger partial charge in [0.25, 0.3) is 0 Å². The first kappa shape index (κ1) is 7.35. The smallest absolute Gasteiger partial charge is 0.0993 e. The number of nitriles is 1. The zero-order valence-electron chi connectivity index (χ0n) is 7.33. The van der Waals surface area contributed by atoms with Crippen molar-refractivity contribution in [2.45, 2.75) is 25.2 Å². The maximum atomic E-state index is 8.99. The molecule has 1 saturated carbocycles. The lowest BCUT2D eigenvalue weighted by molar-refractivity contribution is 0.672. The van der Waals surface area contributed by atoms with Crippen molar-refractivity contribution in [3.05, 3.63) is 17.5 Å². The fraction of sp³-hybridized carbons (Fsp3) is 0.556. The topological polar surface area (TPSA) is 41.6 Å².